The van der Waals surface area contributed by atoms with E-state index in [1.54, 1.807) is 23.0 Å². The van der Waals surface area contributed by atoms with Crippen LogP contribution in [0, 0.1) is 29.6 Å². The molecule has 0 saturated heterocycles. The maximum atomic E-state index is 12.5. The molecule has 5 nitrogen and oxygen atoms in total. The molecule has 0 unspecified atom stereocenters. The van der Waals surface area contributed by atoms with Gasteiger partial charge in [0.25, 0.3) is 0 Å². The van der Waals surface area contributed by atoms with Crippen molar-refractivity contribution in [2.75, 3.05) is 0 Å². The summed E-state index contributed by atoms with van der Waals surface area (Å²) in [6.07, 6.45) is 2.68. The van der Waals surface area contributed by atoms with Gasteiger partial charge in [0.2, 0.25) is 0 Å². The second-order valence-corrected chi connectivity index (χ2v) is 7.57. The molecule has 28 heavy (non-hydrogen) atoms. The Morgan fingerprint density at radius 2 is 2.00 bits per heavy atom. The molecule has 0 bridgehead atoms. The minimum atomic E-state index is -0.528. The van der Waals surface area contributed by atoms with E-state index in [9.17, 15) is 15.3 Å². The van der Waals surface area contributed by atoms with Gasteiger partial charge in [-0.25, -0.2) is 4.98 Å². The first-order valence-corrected chi connectivity index (χ1v) is 9.22. The second kappa shape index (κ2) is 7.66. The first-order valence-electron chi connectivity index (χ1n) is 9.22. The molecule has 5 heteroatoms. The van der Waals surface area contributed by atoms with Crippen LogP contribution in [-0.4, -0.2) is 15.3 Å². The van der Waals surface area contributed by atoms with E-state index in [1.165, 1.54) is 0 Å². The SMILES string of the molecule is Cc1cc(C(C)(C)C#N)ccc1CCC(=O)Cn1cnc2cccc(C#N)c21. The number of aromatic nitrogens is 2. The molecule has 0 spiro atoms. The number of Topliss-reactive ketones (excluding diaryl/α,β-unsaturated/α-hetero) is 1. The van der Waals surface area contributed by atoms with Gasteiger partial charge < -0.3 is 4.57 Å². The molecular formula is C23H22N4O. The summed E-state index contributed by atoms with van der Waals surface area (Å²) in [6, 6.07) is 15.9. The van der Waals surface area contributed by atoms with Gasteiger partial charge in [-0.1, -0.05) is 24.3 Å². The Morgan fingerprint density at radius 3 is 2.68 bits per heavy atom. The minimum Gasteiger partial charge on any atom is -0.322 e. The highest BCUT2D eigenvalue weighted by atomic mass is 16.1. The topological polar surface area (TPSA) is 82.5 Å². The number of carbonyl (C=O) groups is 1. The van der Waals surface area contributed by atoms with Gasteiger partial charge in [0.1, 0.15) is 6.07 Å². The predicted octanol–water partition coefficient (Wildman–Crippen LogP) is 4.22. The van der Waals surface area contributed by atoms with Crippen molar-refractivity contribution in [2.24, 2.45) is 0 Å². The summed E-state index contributed by atoms with van der Waals surface area (Å²) >= 11 is 0. The molecule has 0 aliphatic heterocycles. The number of benzene rings is 2. The molecule has 0 fully saturated rings. The Morgan fingerprint density at radius 1 is 1.21 bits per heavy atom. The van der Waals surface area contributed by atoms with E-state index in [1.807, 2.05) is 45.0 Å². The molecule has 1 heterocycles. The molecule has 0 saturated carbocycles. The standard InChI is InChI=1S/C23H22N4O/c1-16-11-19(23(2,3)14-25)9-7-17(16)8-10-20(28)13-27-15-26-21-6-4-5-18(12-24)22(21)27/h4-7,9,11,15H,8,10,13H2,1-3H3. The van der Waals surface area contributed by atoms with E-state index in [4.69, 9.17) is 0 Å². The zero-order chi connectivity index (χ0) is 20.3. The molecule has 0 aliphatic rings. The fourth-order valence-corrected chi connectivity index (χ4v) is 3.31. The number of hydrogen-bond donors (Lipinski definition) is 0. The van der Waals surface area contributed by atoms with Crippen LogP contribution in [-0.2, 0) is 23.2 Å². The number of imidazole rings is 1. The lowest BCUT2D eigenvalue weighted by molar-refractivity contribution is -0.119. The van der Waals surface area contributed by atoms with Gasteiger partial charge >= 0.3 is 0 Å². The van der Waals surface area contributed by atoms with Crippen LogP contribution < -0.4 is 0 Å². The number of carbonyl (C=O) groups excluding carboxylic acids is 1. The van der Waals surface area contributed by atoms with Crippen molar-refractivity contribution in [1.29, 1.82) is 10.5 Å². The van der Waals surface area contributed by atoms with E-state index in [-0.39, 0.29) is 12.3 Å². The molecule has 2 aromatic carbocycles. The van der Waals surface area contributed by atoms with Crippen molar-refractivity contribution in [1.82, 2.24) is 9.55 Å². The lowest BCUT2D eigenvalue weighted by atomic mass is 9.84. The quantitative estimate of drug-likeness (QED) is 0.650. The Bertz CT molecular complexity index is 1130. The molecule has 0 aliphatic carbocycles. The van der Waals surface area contributed by atoms with Crippen LogP contribution in [0.3, 0.4) is 0 Å². The summed E-state index contributed by atoms with van der Waals surface area (Å²) in [5, 5.41) is 18.6. The third kappa shape index (κ3) is 3.80. The van der Waals surface area contributed by atoms with E-state index < -0.39 is 5.41 Å². The van der Waals surface area contributed by atoms with Gasteiger partial charge in [-0.05, 0) is 56.0 Å². The van der Waals surface area contributed by atoms with Gasteiger partial charge in [-0.15, -0.1) is 0 Å². The molecule has 0 atom stereocenters. The Labute approximate surface area is 164 Å². The zero-order valence-corrected chi connectivity index (χ0v) is 16.4. The predicted molar refractivity (Wildman–Crippen MR) is 108 cm³/mol. The maximum absolute atomic E-state index is 12.5. The Hall–Kier alpha value is -3.44. The Kier molecular flexibility index (Phi) is 5.29. The average Bonchev–Trinajstić information content (AvgIpc) is 3.09. The van der Waals surface area contributed by atoms with Gasteiger partial charge in [-0.3, -0.25) is 4.79 Å². The fraction of sp³-hybridized carbons (Fsp3) is 0.304. The molecule has 1 aromatic heterocycles. The molecule has 3 rings (SSSR count). The van der Waals surface area contributed by atoms with Crippen molar-refractivity contribution in [3.8, 4) is 12.1 Å². The Balaban J connectivity index is 1.71. The summed E-state index contributed by atoms with van der Waals surface area (Å²) in [5.74, 6) is 0.0906. The molecular weight excluding hydrogens is 348 g/mol. The van der Waals surface area contributed by atoms with Crippen molar-refractivity contribution in [2.45, 2.75) is 45.6 Å². The first kappa shape index (κ1) is 19.3. The number of nitriles is 2. The molecule has 0 amide bonds. The van der Waals surface area contributed by atoms with E-state index >= 15 is 0 Å². The normalized spacial score (nSPS) is 11.2. The van der Waals surface area contributed by atoms with Crippen LogP contribution in [0.5, 0.6) is 0 Å². The zero-order valence-electron chi connectivity index (χ0n) is 16.4. The largest absolute Gasteiger partial charge is 0.322 e. The first-order chi connectivity index (χ1) is 13.4. The van der Waals surface area contributed by atoms with Crippen molar-refractivity contribution < 1.29 is 4.79 Å². The summed E-state index contributed by atoms with van der Waals surface area (Å²) in [6.45, 7) is 6.01. The third-order valence-corrected chi connectivity index (χ3v) is 5.12. The number of hydrogen-bond acceptors (Lipinski definition) is 4. The average molecular weight is 370 g/mol. The number of para-hydroxylation sites is 1. The van der Waals surface area contributed by atoms with Crippen LogP contribution in [0.1, 0.15) is 42.5 Å². The lowest BCUT2D eigenvalue weighted by Crippen LogP contribution is -2.14. The van der Waals surface area contributed by atoms with E-state index in [0.29, 0.717) is 23.9 Å². The van der Waals surface area contributed by atoms with Crippen molar-refractivity contribution in [3.05, 3.63) is 65.0 Å². The highest BCUT2D eigenvalue weighted by Gasteiger charge is 2.20. The summed E-state index contributed by atoms with van der Waals surface area (Å²) in [4.78, 5) is 16.8. The number of ketones is 1. The van der Waals surface area contributed by atoms with Gasteiger partial charge in [0.15, 0.2) is 5.78 Å². The molecule has 0 radical (unpaired) electrons. The molecule has 140 valence electrons. The smallest absolute Gasteiger partial charge is 0.152 e. The minimum absolute atomic E-state index is 0.0906. The monoisotopic (exact) mass is 370 g/mol. The summed E-state index contributed by atoms with van der Waals surface area (Å²) in [7, 11) is 0. The molecule has 0 N–H and O–H groups in total. The van der Waals surface area contributed by atoms with Gasteiger partial charge in [-0.2, -0.15) is 10.5 Å². The number of rotatable bonds is 6. The van der Waals surface area contributed by atoms with Crippen LogP contribution >= 0.6 is 0 Å². The third-order valence-electron chi connectivity index (χ3n) is 5.12. The van der Waals surface area contributed by atoms with Crippen LogP contribution in [0.15, 0.2) is 42.7 Å². The number of aryl methyl sites for hydroxylation is 2. The van der Waals surface area contributed by atoms with E-state index in [0.717, 1.165) is 22.2 Å². The van der Waals surface area contributed by atoms with Crippen molar-refractivity contribution >= 4 is 16.8 Å². The fourth-order valence-electron chi connectivity index (χ4n) is 3.31. The van der Waals surface area contributed by atoms with E-state index in [2.05, 4.69) is 17.1 Å². The number of nitrogens with zero attached hydrogens (tertiary/aromatic N) is 4. The van der Waals surface area contributed by atoms with Crippen LogP contribution in [0.25, 0.3) is 11.0 Å². The van der Waals surface area contributed by atoms with Crippen LogP contribution in [0.4, 0.5) is 0 Å². The second-order valence-electron chi connectivity index (χ2n) is 7.57. The highest BCUT2D eigenvalue weighted by Crippen LogP contribution is 2.25. The lowest BCUT2D eigenvalue weighted by Gasteiger charge is -2.17. The van der Waals surface area contributed by atoms with Gasteiger partial charge in [0, 0.05) is 6.42 Å². The van der Waals surface area contributed by atoms with Gasteiger partial charge in [0.05, 0.1) is 41.0 Å². The highest BCUT2D eigenvalue weighted by molar-refractivity contribution is 5.85. The van der Waals surface area contributed by atoms with Crippen LogP contribution in [0.2, 0.25) is 0 Å². The number of fused-ring (bicyclic) bond motifs is 1. The summed E-state index contributed by atoms with van der Waals surface area (Å²) < 4.78 is 1.75. The molecule has 3 aromatic rings. The summed E-state index contributed by atoms with van der Waals surface area (Å²) in [5.41, 5.74) is 4.61. The maximum Gasteiger partial charge on any atom is 0.152 e. The van der Waals surface area contributed by atoms with Crippen molar-refractivity contribution in [3.63, 3.8) is 0 Å².